The van der Waals surface area contributed by atoms with Gasteiger partial charge in [-0.2, -0.15) is 10.2 Å². The van der Waals surface area contributed by atoms with E-state index in [1.165, 1.54) is 36.9 Å². The number of anilines is 3. The van der Waals surface area contributed by atoms with Crippen LogP contribution in [0.1, 0.15) is 71.5 Å². The molecular weight excluding hydrogens is 742 g/mol. The molecule has 5 aliphatic rings. The normalized spacial score (nSPS) is 22.2. The van der Waals surface area contributed by atoms with E-state index >= 15 is 0 Å². The molecule has 4 saturated heterocycles. The average molecular weight is 790 g/mol. The Balaban J connectivity index is 0.760. The van der Waals surface area contributed by atoms with Crippen LogP contribution in [0.2, 0.25) is 5.02 Å². The van der Waals surface area contributed by atoms with Crippen LogP contribution in [0.4, 0.5) is 17.2 Å². The number of aromatic nitrogens is 2. The minimum Gasteiger partial charge on any atom is -0.480 e. The van der Waals surface area contributed by atoms with Gasteiger partial charge in [0.05, 0.1) is 23.2 Å². The smallest absolute Gasteiger partial charge is 0.260 e. The summed E-state index contributed by atoms with van der Waals surface area (Å²) in [6.07, 6.45) is 6.85. The Hall–Kier alpha value is -5.32. The van der Waals surface area contributed by atoms with Crippen molar-refractivity contribution >= 4 is 57.4 Å². The molecule has 2 aromatic heterocycles. The monoisotopic (exact) mass is 789 g/mol. The predicted octanol–water partition coefficient (Wildman–Crippen LogP) is 5.28. The first-order chi connectivity index (χ1) is 27.8. The molecule has 1 unspecified atom stereocenters. The van der Waals surface area contributed by atoms with Crippen molar-refractivity contribution in [3.8, 4) is 11.9 Å². The quantitative estimate of drug-likeness (QED) is 0.227. The second kappa shape index (κ2) is 15.6. The molecule has 4 fully saturated rings. The fourth-order valence-electron chi connectivity index (χ4n) is 9.75. The number of carbonyl (C=O) groups is 3. The number of imide groups is 1. The number of nitrogens with one attached hydrogen (secondary N) is 2. The van der Waals surface area contributed by atoms with Crippen molar-refractivity contribution in [3.63, 3.8) is 0 Å². The minimum absolute atomic E-state index is 0.216. The standard InChI is InChI=1S/C43H48ClN9O4/c1-57-42-39-29(26-53(43(39)56)35-10-11-37(54)48-41(35)55)21-36(47-42)51-19-17-49(18-20-51)24-27-12-15-50(16-13-27)31-4-6-32(7-5-31)52-14-2-3-28(25-52)33-8-9-34(44)38-30(22-45)23-46-40(33)38/h4-9,21,23,27-28,35,46H,2-3,10-20,24-26H2,1H3,(H,48,54,55)/t28-,35?/m0/s1. The van der Waals surface area contributed by atoms with Crippen molar-refractivity contribution in [2.45, 2.75) is 57.0 Å². The first kappa shape index (κ1) is 37.3. The molecular formula is C43H48ClN9O4. The average Bonchev–Trinajstić information content (AvgIpc) is 3.83. The third-order valence-corrected chi connectivity index (χ3v) is 13.2. The van der Waals surface area contributed by atoms with E-state index < -0.39 is 11.9 Å². The maximum Gasteiger partial charge on any atom is 0.260 e. The number of ether oxygens (including phenoxy) is 1. The third kappa shape index (κ3) is 7.14. The molecule has 0 saturated carbocycles. The number of nitriles is 1. The molecule has 2 N–H and O–H groups in total. The van der Waals surface area contributed by atoms with Crippen LogP contribution in [0.25, 0.3) is 10.9 Å². The second-order valence-corrected chi connectivity index (χ2v) is 16.6. The topological polar surface area (TPSA) is 141 Å². The van der Waals surface area contributed by atoms with Crippen molar-refractivity contribution in [2.75, 3.05) is 80.7 Å². The van der Waals surface area contributed by atoms with Gasteiger partial charge in [-0.15, -0.1) is 0 Å². The number of piperazine rings is 1. The molecule has 2 aromatic carbocycles. The number of halogens is 1. The first-order valence-electron chi connectivity index (χ1n) is 20.3. The van der Waals surface area contributed by atoms with Crippen LogP contribution in [0, 0.1) is 17.2 Å². The number of rotatable bonds is 8. The Labute approximate surface area is 337 Å². The maximum atomic E-state index is 13.4. The number of carbonyl (C=O) groups excluding carboxylic acids is 3. The summed E-state index contributed by atoms with van der Waals surface area (Å²) in [5.74, 6) is 1.09. The Morgan fingerprint density at radius 2 is 1.67 bits per heavy atom. The summed E-state index contributed by atoms with van der Waals surface area (Å²) in [4.78, 5) is 57.1. The van der Waals surface area contributed by atoms with Crippen LogP contribution in [-0.4, -0.2) is 110 Å². The number of benzene rings is 2. The Bertz CT molecular complexity index is 2240. The van der Waals surface area contributed by atoms with Crippen molar-refractivity contribution in [1.82, 2.24) is 25.1 Å². The maximum absolute atomic E-state index is 13.4. The summed E-state index contributed by atoms with van der Waals surface area (Å²) in [5.41, 5.74) is 6.57. The molecule has 4 aromatic rings. The lowest BCUT2D eigenvalue weighted by Crippen LogP contribution is -2.52. The lowest BCUT2D eigenvalue weighted by Gasteiger charge is -2.40. The van der Waals surface area contributed by atoms with Crippen molar-refractivity contribution < 1.29 is 19.1 Å². The van der Waals surface area contributed by atoms with Gasteiger partial charge in [0, 0.05) is 101 Å². The highest BCUT2D eigenvalue weighted by Crippen LogP contribution is 2.39. The number of aromatic amines is 1. The lowest BCUT2D eigenvalue weighted by molar-refractivity contribution is -0.136. The van der Waals surface area contributed by atoms with Crippen LogP contribution >= 0.6 is 11.6 Å². The van der Waals surface area contributed by atoms with Gasteiger partial charge < -0.3 is 29.3 Å². The van der Waals surface area contributed by atoms with Crippen molar-refractivity contribution in [1.29, 1.82) is 5.26 Å². The van der Waals surface area contributed by atoms with Gasteiger partial charge in [0.1, 0.15) is 23.5 Å². The van der Waals surface area contributed by atoms with E-state index in [2.05, 4.69) is 66.3 Å². The van der Waals surface area contributed by atoms with E-state index in [1.807, 2.05) is 12.1 Å². The van der Waals surface area contributed by atoms with Gasteiger partial charge in [-0.1, -0.05) is 17.7 Å². The number of piperidine rings is 3. The van der Waals surface area contributed by atoms with E-state index in [-0.39, 0.29) is 24.1 Å². The molecule has 296 valence electrons. The van der Waals surface area contributed by atoms with Crippen LogP contribution in [0.3, 0.4) is 0 Å². The Morgan fingerprint density at radius 1 is 0.912 bits per heavy atom. The molecule has 0 aliphatic carbocycles. The largest absolute Gasteiger partial charge is 0.480 e. The van der Waals surface area contributed by atoms with Crippen molar-refractivity contribution in [2.24, 2.45) is 5.92 Å². The van der Waals surface area contributed by atoms with Crippen molar-refractivity contribution in [3.05, 3.63) is 75.9 Å². The number of hydrogen-bond acceptors (Lipinski definition) is 10. The highest BCUT2D eigenvalue weighted by molar-refractivity contribution is 6.36. The summed E-state index contributed by atoms with van der Waals surface area (Å²) >= 11 is 6.51. The number of methoxy groups -OCH3 is 1. The molecule has 0 spiro atoms. The van der Waals surface area contributed by atoms with Crippen LogP contribution in [-0.2, 0) is 16.1 Å². The van der Waals surface area contributed by atoms with Gasteiger partial charge in [0.2, 0.25) is 17.7 Å². The summed E-state index contributed by atoms with van der Waals surface area (Å²) in [7, 11) is 1.52. The molecule has 57 heavy (non-hydrogen) atoms. The summed E-state index contributed by atoms with van der Waals surface area (Å²) in [6, 6.07) is 16.8. The van der Waals surface area contributed by atoms with Gasteiger partial charge in [-0.05, 0) is 85.5 Å². The number of fused-ring (bicyclic) bond motifs is 2. The zero-order chi connectivity index (χ0) is 39.2. The Morgan fingerprint density at radius 3 is 2.39 bits per heavy atom. The summed E-state index contributed by atoms with van der Waals surface area (Å²) < 4.78 is 5.60. The predicted molar refractivity (Wildman–Crippen MR) is 219 cm³/mol. The van der Waals surface area contributed by atoms with Crippen LogP contribution in [0.15, 0.2) is 48.7 Å². The zero-order valence-electron chi connectivity index (χ0n) is 32.3. The van der Waals surface area contributed by atoms with Gasteiger partial charge in [0.15, 0.2) is 0 Å². The van der Waals surface area contributed by atoms with E-state index in [0.717, 1.165) is 94.0 Å². The highest BCUT2D eigenvalue weighted by atomic mass is 35.5. The van der Waals surface area contributed by atoms with E-state index in [4.69, 9.17) is 21.3 Å². The SMILES string of the molecule is COc1nc(N2CCN(CC3CCN(c4ccc(N5CCC[C@H](c6ccc(Cl)c7c(C#N)c[nH]c67)C5)cc4)CC3)CC2)cc2c1C(=O)N(C1CCC(=O)NC1=O)C2. The van der Waals surface area contributed by atoms with Crippen LogP contribution < -0.4 is 24.8 Å². The molecule has 9 rings (SSSR count). The number of H-pyrrole nitrogens is 1. The zero-order valence-corrected chi connectivity index (χ0v) is 33.1. The molecule has 14 heteroatoms. The van der Waals surface area contributed by atoms with Gasteiger partial charge in [-0.25, -0.2) is 0 Å². The van der Waals surface area contributed by atoms with Gasteiger partial charge in [0.25, 0.3) is 5.91 Å². The van der Waals surface area contributed by atoms with Gasteiger partial charge in [-0.3, -0.25) is 24.6 Å². The molecule has 13 nitrogen and oxygen atoms in total. The fourth-order valence-corrected chi connectivity index (χ4v) is 10.0. The summed E-state index contributed by atoms with van der Waals surface area (Å²) in [6.45, 7) is 9.00. The second-order valence-electron chi connectivity index (χ2n) is 16.1. The van der Waals surface area contributed by atoms with Crippen LogP contribution in [0.5, 0.6) is 5.88 Å². The highest BCUT2D eigenvalue weighted by Gasteiger charge is 2.41. The van der Waals surface area contributed by atoms with Gasteiger partial charge >= 0.3 is 0 Å². The Kier molecular flexibility index (Phi) is 10.2. The molecule has 0 bridgehead atoms. The number of amides is 3. The van der Waals surface area contributed by atoms with E-state index in [0.29, 0.717) is 41.0 Å². The van der Waals surface area contributed by atoms with E-state index in [1.54, 1.807) is 11.1 Å². The summed E-state index contributed by atoms with van der Waals surface area (Å²) in [5, 5.41) is 13.4. The molecule has 0 radical (unpaired) electrons. The molecule has 2 atom stereocenters. The lowest BCUT2D eigenvalue weighted by atomic mass is 9.89. The number of hydrogen-bond donors (Lipinski definition) is 2. The molecule has 7 heterocycles. The minimum atomic E-state index is -0.675. The number of pyridine rings is 1. The van der Waals surface area contributed by atoms with E-state index in [9.17, 15) is 19.6 Å². The third-order valence-electron chi connectivity index (χ3n) is 12.9. The first-order valence-corrected chi connectivity index (χ1v) is 20.6. The molecule has 5 aliphatic heterocycles. The number of nitrogens with zero attached hydrogens (tertiary/aromatic N) is 7. The molecule has 3 amide bonds. The fraction of sp³-hybridized carbons (Fsp3) is 0.465.